The Morgan fingerprint density at radius 1 is 1.06 bits per heavy atom. The molecule has 8 nitrogen and oxygen atoms in total. The Morgan fingerprint density at radius 2 is 1.66 bits per heavy atom. The second-order valence-electron chi connectivity index (χ2n) is 8.47. The van der Waals surface area contributed by atoms with Crippen molar-refractivity contribution in [2.75, 3.05) is 19.7 Å². The lowest BCUT2D eigenvalue weighted by molar-refractivity contribution is -0.140. The van der Waals surface area contributed by atoms with Gasteiger partial charge in [-0.1, -0.05) is 44.2 Å². The van der Waals surface area contributed by atoms with Crippen LogP contribution in [0.25, 0.3) is 0 Å². The summed E-state index contributed by atoms with van der Waals surface area (Å²) in [5.74, 6) is -1.09. The Balaban J connectivity index is 2.14. The van der Waals surface area contributed by atoms with E-state index >= 15 is 0 Å². The average Bonchev–Trinajstić information content (AvgIpc) is 3.13. The summed E-state index contributed by atoms with van der Waals surface area (Å²) < 4.78 is 33.4. The van der Waals surface area contributed by atoms with Crippen LogP contribution in [0.2, 0.25) is 0 Å². The molecule has 0 radical (unpaired) electrons. The van der Waals surface area contributed by atoms with E-state index in [2.05, 4.69) is 0 Å². The summed E-state index contributed by atoms with van der Waals surface area (Å²) in [7, 11) is -2.14. The fourth-order valence-corrected chi connectivity index (χ4v) is 4.87. The van der Waals surface area contributed by atoms with Gasteiger partial charge in [-0.15, -0.1) is 0 Å². The Morgan fingerprint density at radius 3 is 2.19 bits per heavy atom. The molecule has 0 aliphatic carbocycles. The molecular weight excluding hydrogens is 430 g/mol. The summed E-state index contributed by atoms with van der Waals surface area (Å²) in [5, 5.41) is 0. The number of aromatic nitrogens is 1. The highest BCUT2D eigenvalue weighted by Crippen LogP contribution is 2.20. The van der Waals surface area contributed by atoms with E-state index in [0.717, 1.165) is 5.56 Å². The number of hydrogen-bond acceptors (Lipinski definition) is 5. The summed E-state index contributed by atoms with van der Waals surface area (Å²) in [4.78, 5) is 27.2. The fraction of sp³-hybridized carbons (Fsp3) is 0.478. The number of esters is 1. The van der Waals surface area contributed by atoms with Crippen LogP contribution in [0, 0.1) is 0 Å². The van der Waals surface area contributed by atoms with Crippen LogP contribution < -0.4 is 0 Å². The Bertz CT molecular complexity index is 1040. The van der Waals surface area contributed by atoms with E-state index in [1.165, 1.54) is 21.1 Å². The first-order chi connectivity index (χ1) is 14.9. The van der Waals surface area contributed by atoms with Crippen molar-refractivity contribution in [2.24, 2.45) is 7.05 Å². The average molecular weight is 464 g/mol. The smallest absolute Gasteiger partial charge is 0.355 e. The van der Waals surface area contributed by atoms with Crippen molar-refractivity contribution in [1.82, 2.24) is 13.8 Å². The Labute approximate surface area is 190 Å². The van der Waals surface area contributed by atoms with Crippen molar-refractivity contribution in [2.45, 2.75) is 51.6 Å². The lowest BCUT2D eigenvalue weighted by Crippen LogP contribution is -2.46. The Kier molecular flexibility index (Phi) is 8.25. The number of nitrogens with zero attached hydrogens (tertiary/aromatic N) is 3. The lowest BCUT2D eigenvalue weighted by atomic mass is 10.0. The molecule has 9 heteroatoms. The third-order valence-electron chi connectivity index (χ3n) is 5.15. The van der Waals surface area contributed by atoms with Crippen molar-refractivity contribution in [1.29, 1.82) is 0 Å². The summed E-state index contributed by atoms with van der Waals surface area (Å²) in [6.07, 6.45) is 1.38. The van der Waals surface area contributed by atoms with Gasteiger partial charge in [0, 0.05) is 38.4 Å². The molecule has 0 aliphatic rings. The Hall–Kier alpha value is -2.65. The summed E-state index contributed by atoms with van der Waals surface area (Å²) >= 11 is 0. The maximum absolute atomic E-state index is 12.9. The molecule has 0 saturated heterocycles. The quantitative estimate of drug-likeness (QED) is 0.534. The second kappa shape index (κ2) is 10.3. The molecule has 1 aromatic heterocycles. The van der Waals surface area contributed by atoms with Gasteiger partial charge in [-0.05, 0) is 32.4 Å². The number of rotatable bonds is 9. The zero-order chi connectivity index (χ0) is 24.1. The molecule has 32 heavy (non-hydrogen) atoms. The van der Waals surface area contributed by atoms with E-state index in [0.29, 0.717) is 19.6 Å². The van der Waals surface area contributed by atoms with Crippen LogP contribution in [0.5, 0.6) is 0 Å². The van der Waals surface area contributed by atoms with Gasteiger partial charge >= 0.3 is 5.97 Å². The highest BCUT2D eigenvalue weighted by molar-refractivity contribution is 7.89. The van der Waals surface area contributed by atoms with Gasteiger partial charge in [-0.2, -0.15) is 4.31 Å². The van der Waals surface area contributed by atoms with Gasteiger partial charge in [0.2, 0.25) is 10.0 Å². The monoisotopic (exact) mass is 463 g/mol. The summed E-state index contributed by atoms with van der Waals surface area (Å²) in [6.45, 7) is 9.84. The standard InChI is InChI=1S/C23H33N3O5S/c1-7-25(8-2)32(29,30)19-14-20(24(6)16-19)22(28)31-17-21(27)26(23(3,4)5)15-18-12-10-9-11-13-18/h9-14,16H,7-8,15,17H2,1-6H3. The molecular formula is C23H33N3O5S. The third-order valence-corrected chi connectivity index (χ3v) is 7.17. The number of carbonyl (C=O) groups excluding carboxylic acids is 2. The zero-order valence-corrected chi connectivity index (χ0v) is 20.5. The summed E-state index contributed by atoms with van der Waals surface area (Å²) in [5.41, 5.74) is 0.555. The van der Waals surface area contributed by atoms with Crippen LogP contribution >= 0.6 is 0 Å². The number of sulfonamides is 1. The van der Waals surface area contributed by atoms with E-state index in [1.54, 1.807) is 25.8 Å². The first kappa shape index (κ1) is 25.6. The minimum atomic E-state index is -3.71. The van der Waals surface area contributed by atoms with E-state index in [-0.39, 0.29) is 16.5 Å². The molecule has 1 heterocycles. The zero-order valence-electron chi connectivity index (χ0n) is 19.7. The first-order valence-electron chi connectivity index (χ1n) is 10.6. The van der Waals surface area contributed by atoms with Crippen LogP contribution in [-0.2, 0) is 33.1 Å². The van der Waals surface area contributed by atoms with Crippen molar-refractivity contribution in [3.05, 3.63) is 53.9 Å². The van der Waals surface area contributed by atoms with E-state index in [1.807, 2.05) is 51.1 Å². The second-order valence-corrected chi connectivity index (χ2v) is 10.4. The summed E-state index contributed by atoms with van der Waals surface area (Å²) in [6, 6.07) is 10.9. The molecule has 2 aromatic rings. The normalized spacial score (nSPS) is 12.1. The molecule has 0 unspecified atom stereocenters. The molecule has 1 aromatic carbocycles. The van der Waals surface area contributed by atoms with Gasteiger partial charge in [0.15, 0.2) is 6.61 Å². The van der Waals surface area contributed by atoms with Crippen LogP contribution in [0.4, 0.5) is 0 Å². The largest absolute Gasteiger partial charge is 0.451 e. The van der Waals surface area contributed by atoms with E-state index in [9.17, 15) is 18.0 Å². The number of carbonyl (C=O) groups is 2. The van der Waals surface area contributed by atoms with Gasteiger partial charge in [0.1, 0.15) is 10.6 Å². The van der Waals surface area contributed by atoms with E-state index in [4.69, 9.17) is 4.74 Å². The van der Waals surface area contributed by atoms with Crippen LogP contribution in [0.1, 0.15) is 50.7 Å². The number of amides is 1. The van der Waals surface area contributed by atoms with Crippen LogP contribution in [-0.4, -0.2) is 59.3 Å². The highest BCUT2D eigenvalue weighted by atomic mass is 32.2. The molecule has 0 N–H and O–H groups in total. The number of ether oxygens (including phenoxy) is 1. The van der Waals surface area contributed by atoms with Gasteiger partial charge < -0.3 is 14.2 Å². The molecule has 1 amide bonds. The van der Waals surface area contributed by atoms with E-state index < -0.39 is 28.1 Å². The van der Waals surface area contributed by atoms with Gasteiger partial charge in [0.05, 0.1) is 0 Å². The van der Waals surface area contributed by atoms with Crippen molar-refractivity contribution in [3.63, 3.8) is 0 Å². The number of hydrogen-bond donors (Lipinski definition) is 0. The molecule has 2 rings (SSSR count). The molecule has 176 valence electrons. The SMILES string of the molecule is CCN(CC)S(=O)(=O)c1cc(C(=O)OCC(=O)N(Cc2ccccc2)C(C)(C)C)n(C)c1. The molecule has 0 aliphatic heterocycles. The molecule has 0 bridgehead atoms. The van der Waals surface area contributed by atoms with Crippen LogP contribution in [0.15, 0.2) is 47.5 Å². The first-order valence-corrected chi connectivity index (χ1v) is 12.0. The van der Waals surface area contributed by atoms with Crippen molar-refractivity contribution < 1.29 is 22.7 Å². The predicted octanol–water partition coefficient (Wildman–Crippen LogP) is 3.04. The topological polar surface area (TPSA) is 88.9 Å². The number of aryl methyl sites for hydroxylation is 1. The third kappa shape index (κ3) is 5.98. The minimum Gasteiger partial charge on any atom is -0.451 e. The minimum absolute atomic E-state index is 0.0161. The van der Waals surface area contributed by atoms with Gasteiger partial charge in [0.25, 0.3) is 5.91 Å². The maximum Gasteiger partial charge on any atom is 0.355 e. The molecule has 0 fully saturated rings. The highest BCUT2D eigenvalue weighted by Gasteiger charge is 2.29. The van der Waals surface area contributed by atoms with Gasteiger partial charge in [-0.3, -0.25) is 4.79 Å². The van der Waals surface area contributed by atoms with Gasteiger partial charge in [-0.25, -0.2) is 13.2 Å². The van der Waals surface area contributed by atoms with Crippen molar-refractivity contribution in [3.8, 4) is 0 Å². The molecule has 0 saturated carbocycles. The molecule has 0 atom stereocenters. The molecule has 0 spiro atoms. The van der Waals surface area contributed by atoms with Crippen LogP contribution in [0.3, 0.4) is 0 Å². The maximum atomic E-state index is 12.9. The number of benzene rings is 1. The fourth-order valence-electron chi connectivity index (χ4n) is 3.34. The van der Waals surface area contributed by atoms with Crippen molar-refractivity contribution >= 4 is 21.9 Å². The predicted molar refractivity (Wildman–Crippen MR) is 123 cm³/mol. The lowest BCUT2D eigenvalue weighted by Gasteiger charge is -2.35.